The minimum Gasteiger partial charge on any atom is -0.348 e. The van der Waals surface area contributed by atoms with Crippen LogP contribution in [0.15, 0.2) is 64.3 Å². The summed E-state index contributed by atoms with van der Waals surface area (Å²) < 4.78 is 23.9. The number of carbonyl (C=O) groups excluding carboxylic acids is 1. The first kappa shape index (κ1) is 17.8. The molecule has 3 N–H and O–H groups in total. The van der Waals surface area contributed by atoms with Crippen LogP contribution in [0.2, 0.25) is 0 Å². The van der Waals surface area contributed by atoms with Gasteiger partial charge >= 0.3 is 0 Å². The van der Waals surface area contributed by atoms with E-state index in [2.05, 4.69) is 5.32 Å². The molecule has 0 unspecified atom stereocenters. The van der Waals surface area contributed by atoms with Gasteiger partial charge in [-0.15, -0.1) is 0 Å². The van der Waals surface area contributed by atoms with Crippen LogP contribution in [0.5, 0.6) is 0 Å². The van der Waals surface area contributed by atoms with Gasteiger partial charge in [0.25, 0.3) is 11.5 Å². The molecule has 8 heteroatoms. The summed E-state index contributed by atoms with van der Waals surface area (Å²) in [5, 5.41) is 8.51. The Bertz CT molecular complexity index is 1150. The highest BCUT2D eigenvalue weighted by Gasteiger charge is 2.14. The number of fused-ring (bicyclic) bond motifs is 1. The predicted molar refractivity (Wildman–Crippen MR) is 98.2 cm³/mol. The number of para-hydroxylation sites is 1. The Kier molecular flexibility index (Phi) is 4.62. The van der Waals surface area contributed by atoms with Crippen molar-refractivity contribution in [3.8, 4) is 0 Å². The lowest BCUT2D eigenvalue weighted by Crippen LogP contribution is -2.32. The topological polar surface area (TPSA) is 111 Å². The van der Waals surface area contributed by atoms with Crippen molar-refractivity contribution in [1.82, 2.24) is 9.88 Å². The number of sulfonamides is 1. The van der Waals surface area contributed by atoms with Gasteiger partial charge in [-0.1, -0.05) is 30.3 Å². The third-order valence-corrected chi connectivity index (χ3v) is 5.01. The van der Waals surface area contributed by atoms with E-state index in [0.29, 0.717) is 5.56 Å². The van der Waals surface area contributed by atoms with E-state index in [-0.39, 0.29) is 22.6 Å². The largest absolute Gasteiger partial charge is 0.348 e. The molecule has 3 aromatic rings. The van der Waals surface area contributed by atoms with Crippen molar-refractivity contribution < 1.29 is 13.2 Å². The Morgan fingerprint density at radius 1 is 1.12 bits per heavy atom. The molecule has 0 saturated carbocycles. The summed E-state index contributed by atoms with van der Waals surface area (Å²) in [7, 11) is -2.14. The van der Waals surface area contributed by atoms with Crippen molar-refractivity contribution in [1.29, 1.82) is 0 Å². The minimum absolute atomic E-state index is 0.00373. The Morgan fingerprint density at radius 3 is 2.42 bits per heavy atom. The molecular weight excluding hydrogens is 354 g/mol. The number of aromatic nitrogens is 1. The van der Waals surface area contributed by atoms with Crippen molar-refractivity contribution in [3.05, 3.63) is 76.1 Å². The Balaban J connectivity index is 1.82. The molecule has 1 aromatic heterocycles. The van der Waals surface area contributed by atoms with Crippen LogP contribution in [0.1, 0.15) is 15.9 Å². The summed E-state index contributed by atoms with van der Waals surface area (Å²) in [6.45, 7) is 0.152. The van der Waals surface area contributed by atoms with Crippen LogP contribution in [-0.4, -0.2) is 18.9 Å². The maximum atomic E-state index is 12.4. The number of benzene rings is 2. The number of nitrogens with zero attached hydrogens (tertiary/aromatic N) is 1. The van der Waals surface area contributed by atoms with E-state index in [1.165, 1.54) is 16.7 Å². The fourth-order valence-corrected chi connectivity index (χ4v) is 3.18. The zero-order chi connectivity index (χ0) is 18.9. The predicted octanol–water partition coefficient (Wildman–Crippen LogP) is 1.12. The van der Waals surface area contributed by atoms with Gasteiger partial charge in [-0.3, -0.25) is 9.59 Å². The molecule has 0 bridgehead atoms. The molecule has 0 spiro atoms. The van der Waals surface area contributed by atoms with Gasteiger partial charge in [0.05, 0.1) is 10.4 Å². The Labute approximate surface area is 150 Å². The van der Waals surface area contributed by atoms with Crippen LogP contribution < -0.4 is 16.0 Å². The number of rotatable bonds is 4. The summed E-state index contributed by atoms with van der Waals surface area (Å²) in [5.74, 6) is -0.494. The Morgan fingerprint density at radius 2 is 1.77 bits per heavy atom. The number of amides is 1. The number of nitrogens with two attached hydrogens (primary N) is 1. The summed E-state index contributed by atoms with van der Waals surface area (Å²) in [5.41, 5.74) is 1.09. The monoisotopic (exact) mass is 371 g/mol. The van der Waals surface area contributed by atoms with Gasteiger partial charge in [-0.25, -0.2) is 13.6 Å². The molecule has 0 saturated heterocycles. The maximum Gasteiger partial charge on any atom is 0.263 e. The van der Waals surface area contributed by atoms with Crippen molar-refractivity contribution in [2.45, 2.75) is 11.4 Å². The number of aryl methyl sites for hydroxylation is 1. The van der Waals surface area contributed by atoms with Gasteiger partial charge in [0.15, 0.2) is 0 Å². The van der Waals surface area contributed by atoms with E-state index in [1.54, 1.807) is 25.2 Å². The minimum atomic E-state index is -3.76. The van der Waals surface area contributed by atoms with Crippen molar-refractivity contribution in [2.24, 2.45) is 12.2 Å². The molecule has 7 nitrogen and oxygen atoms in total. The van der Waals surface area contributed by atoms with Gasteiger partial charge in [-0.05, 0) is 35.2 Å². The average Bonchev–Trinajstić information content (AvgIpc) is 2.62. The van der Waals surface area contributed by atoms with Crippen molar-refractivity contribution in [2.75, 3.05) is 0 Å². The van der Waals surface area contributed by atoms with Gasteiger partial charge in [0.1, 0.15) is 5.56 Å². The van der Waals surface area contributed by atoms with Gasteiger partial charge < -0.3 is 9.88 Å². The maximum absolute atomic E-state index is 12.4. The van der Waals surface area contributed by atoms with Crippen LogP contribution in [0.25, 0.3) is 10.9 Å². The van der Waals surface area contributed by atoms with Gasteiger partial charge in [0.2, 0.25) is 10.0 Å². The molecule has 134 valence electrons. The standard InChI is InChI=1S/C18H17N3O4S/c1-21-16-5-3-2-4-13(16)10-15(18(21)23)17(22)20-11-12-6-8-14(9-7-12)26(19,24)25/h2-10H,11H2,1H3,(H,20,22)(H2,19,24,25). The Hall–Kier alpha value is -2.97. The van der Waals surface area contributed by atoms with Crippen molar-refractivity contribution in [3.63, 3.8) is 0 Å². The smallest absolute Gasteiger partial charge is 0.263 e. The summed E-state index contributed by atoms with van der Waals surface area (Å²) >= 11 is 0. The average molecular weight is 371 g/mol. The quantitative estimate of drug-likeness (QED) is 0.716. The number of nitrogens with one attached hydrogen (secondary N) is 1. The summed E-state index contributed by atoms with van der Waals surface area (Å²) in [6.07, 6.45) is 0. The second-order valence-electron chi connectivity index (χ2n) is 5.85. The van der Waals surface area contributed by atoms with Crippen LogP contribution in [0.4, 0.5) is 0 Å². The zero-order valence-electron chi connectivity index (χ0n) is 14.0. The first-order valence-corrected chi connectivity index (χ1v) is 9.31. The highest BCUT2D eigenvalue weighted by atomic mass is 32.2. The van der Waals surface area contributed by atoms with E-state index in [9.17, 15) is 18.0 Å². The fourth-order valence-electron chi connectivity index (χ4n) is 2.66. The number of hydrogen-bond donors (Lipinski definition) is 2. The molecule has 0 fully saturated rings. The van der Waals surface area contributed by atoms with E-state index in [1.807, 2.05) is 24.3 Å². The molecule has 26 heavy (non-hydrogen) atoms. The molecular formula is C18H17N3O4S. The van der Waals surface area contributed by atoms with Crippen LogP contribution in [0, 0.1) is 0 Å². The number of carbonyl (C=O) groups is 1. The number of pyridine rings is 1. The first-order valence-electron chi connectivity index (χ1n) is 7.76. The van der Waals surface area contributed by atoms with Gasteiger partial charge in [0, 0.05) is 13.6 Å². The lowest BCUT2D eigenvalue weighted by Gasteiger charge is -2.09. The molecule has 0 radical (unpaired) electrons. The van der Waals surface area contributed by atoms with Crippen molar-refractivity contribution >= 4 is 26.8 Å². The first-order chi connectivity index (χ1) is 12.3. The summed E-state index contributed by atoms with van der Waals surface area (Å²) in [6, 6.07) is 14.7. The number of primary sulfonamides is 1. The molecule has 1 heterocycles. The number of hydrogen-bond acceptors (Lipinski definition) is 4. The summed E-state index contributed by atoms with van der Waals surface area (Å²) in [4.78, 5) is 24.8. The van der Waals surface area contributed by atoms with E-state index < -0.39 is 15.9 Å². The highest BCUT2D eigenvalue weighted by molar-refractivity contribution is 7.89. The second kappa shape index (κ2) is 6.74. The normalized spacial score (nSPS) is 11.5. The van der Waals surface area contributed by atoms with E-state index in [0.717, 1.165) is 10.9 Å². The van der Waals surface area contributed by atoms with Crippen LogP contribution in [-0.2, 0) is 23.6 Å². The SMILES string of the molecule is Cn1c(=O)c(C(=O)NCc2ccc(S(N)(=O)=O)cc2)cc2ccccc21. The van der Waals surface area contributed by atoms with Gasteiger partial charge in [-0.2, -0.15) is 0 Å². The van der Waals surface area contributed by atoms with E-state index >= 15 is 0 Å². The third kappa shape index (κ3) is 3.51. The molecule has 1 amide bonds. The molecule has 0 atom stereocenters. The molecule has 0 aliphatic heterocycles. The highest BCUT2D eigenvalue weighted by Crippen LogP contribution is 2.13. The van der Waals surface area contributed by atoms with Crippen LogP contribution >= 0.6 is 0 Å². The molecule has 0 aliphatic carbocycles. The zero-order valence-corrected chi connectivity index (χ0v) is 14.8. The lowest BCUT2D eigenvalue weighted by atomic mass is 10.1. The lowest BCUT2D eigenvalue weighted by molar-refractivity contribution is 0.0949. The second-order valence-corrected chi connectivity index (χ2v) is 7.41. The van der Waals surface area contributed by atoms with E-state index in [4.69, 9.17) is 5.14 Å². The molecule has 0 aliphatic rings. The third-order valence-electron chi connectivity index (χ3n) is 4.08. The van der Waals surface area contributed by atoms with Crippen LogP contribution in [0.3, 0.4) is 0 Å². The fraction of sp³-hybridized carbons (Fsp3) is 0.111. The molecule has 3 rings (SSSR count). The molecule has 2 aromatic carbocycles.